The van der Waals surface area contributed by atoms with Gasteiger partial charge in [-0.1, -0.05) is 64.1 Å². The molecule has 26 heavy (non-hydrogen) atoms. The Bertz CT molecular complexity index is 1060. The molecule has 0 spiro atoms. The van der Waals surface area contributed by atoms with Crippen LogP contribution in [0.4, 0.5) is 5.69 Å². The van der Waals surface area contributed by atoms with Gasteiger partial charge >= 0.3 is 0 Å². The van der Waals surface area contributed by atoms with E-state index in [2.05, 4.69) is 15.0 Å². The second-order valence-electron chi connectivity index (χ2n) is 5.51. The van der Waals surface area contributed by atoms with Gasteiger partial charge in [0.1, 0.15) is 0 Å². The molecule has 0 N–H and O–H groups in total. The number of anilines is 1. The first-order valence-corrected chi connectivity index (χ1v) is 9.24. The first kappa shape index (κ1) is 18.0. The lowest BCUT2D eigenvalue weighted by atomic mass is 10.0. The molecule has 1 aromatic heterocycles. The Morgan fingerprint density at radius 1 is 1.04 bits per heavy atom. The van der Waals surface area contributed by atoms with Crippen LogP contribution < -0.4 is 4.90 Å². The van der Waals surface area contributed by atoms with Gasteiger partial charge in [0.2, 0.25) is 5.50 Å². The van der Waals surface area contributed by atoms with Crippen molar-refractivity contribution in [2.24, 2.45) is 4.99 Å². The number of nitrogens with zero attached hydrogens (tertiary/aromatic N) is 4. The lowest BCUT2D eigenvalue weighted by Crippen LogP contribution is -2.43. The minimum atomic E-state index is -1.09. The van der Waals surface area contributed by atoms with Crippen LogP contribution in [-0.4, -0.2) is 27.1 Å². The number of aliphatic imine (C=N–C) groups is 1. The number of aromatic nitrogens is 2. The maximum atomic E-state index is 12.7. The van der Waals surface area contributed by atoms with Crippen LogP contribution in [0.25, 0.3) is 11.0 Å². The number of halogens is 5. The predicted molar refractivity (Wildman–Crippen MR) is 106 cm³/mol. The number of hydrogen-bond donors (Lipinski definition) is 0. The molecule has 2 heterocycles. The Morgan fingerprint density at radius 3 is 2.38 bits per heavy atom. The minimum absolute atomic E-state index is 0.0569. The zero-order chi connectivity index (χ0) is 18.6. The van der Waals surface area contributed by atoms with Crippen molar-refractivity contribution < 1.29 is 4.79 Å². The number of amides is 1. The maximum Gasteiger partial charge on any atom is 0.271 e. The first-order valence-electron chi connectivity index (χ1n) is 7.30. The van der Waals surface area contributed by atoms with Gasteiger partial charge in [-0.05, 0) is 18.2 Å². The summed E-state index contributed by atoms with van der Waals surface area (Å²) in [6.07, 6.45) is 3.94. The number of alkyl halides is 1. The molecule has 0 saturated carbocycles. The third-order valence-corrected chi connectivity index (χ3v) is 5.33. The van der Waals surface area contributed by atoms with Gasteiger partial charge in [-0.15, -0.1) is 0 Å². The molecule has 4 rings (SSSR count). The highest BCUT2D eigenvalue weighted by atomic mass is 35.5. The van der Waals surface area contributed by atoms with Gasteiger partial charge in [0.25, 0.3) is 5.91 Å². The van der Waals surface area contributed by atoms with Gasteiger partial charge in [0.15, 0.2) is 10.3 Å². The molecule has 5 nitrogen and oxygen atoms in total. The highest BCUT2D eigenvalue weighted by Gasteiger charge is 2.35. The van der Waals surface area contributed by atoms with E-state index in [1.54, 1.807) is 24.3 Å². The van der Waals surface area contributed by atoms with Crippen molar-refractivity contribution >= 4 is 86.3 Å². The summed E-state index contributed by atoms with van der Waals surface area (Å²) < 4.78 is 0. The van der Waals surface area contributed by atoms with Crippen LogP contribution in [0.2, 0.25) is 15.3 Å². The molecule has 1 aromatic carbocycles. The molecule has 10 heteroatoms. The van der Waals surface area contributed by atoms with Crippen molar-refractivity contribution in [3.05, 3.63) is 50.3 Å². The van der Waals surface area contributed by atoms with Crippen molar-refractivity contribution in [3.8, 4) is 0 Å². The van der Waals surface area contributed by atoms with E-state index in [0.717, 1.165) is 0 Å². The maximum absolute atomic E-state index is 12.7. The zero-order valence-electron chi connectivity index (χ0n) is 12.7. The Morgan fingerprint density at radius 2 is 1.69 bits per heavy atom. The number of carbonyl (C=O) groups is 1. The summed E-state index contributed by atoms with van der Waals surface area (Å²) in [6, 6.07) is 3.17. The van der Waals surface area contributed by atoms with Gasteiger partial charge in [0, 0.05) is 11.5 Å². The van der Waals surface area contributed by atoms with Crippen LogP contribution in [0, 0.1) is 0 Å². The fourth-order valence-electron chi connectivity index (χ4n) is 2.73. The summed E-state index contributed by atoms with van der Waals surface area (Å²) in [4.78, 5) is 26.6. The van der Waals surface area contributed by atoms with Crippen LogP contribution in [0.5, 0.6) is 0 Å². The lowest BCUT2D eigenvalue weighted by Gasteiger charge is -2.32. The second-order valence-corrected chi connectivity index (χ2v) is 7.53. The standard InChI is InChI=1S/C16H7Cl5N4O/c17-6-1-2-11-10(3-6)24-15(21)16(26)25(11)12-5-9-8(4-7(12)18)22-13(19)14(20)23-9/h2-5,15H,1H2. The molecular weight excluding hydrogens is 441 g/mol. The summed E-state index contributed by atoms with van der Waals surface area (Å²) >= 11 is 30.4. The van der Waals surface area contributed by atoms with Gasteiger partial charge in [0.05, 0.1) is 33.2 Å². The molecule has 0 saturated heterocycles. The number of carbonyl (C=O) groups excluding carboxylic acids is 1. The third kappa shape index (κ3) is 2.98. The quantitative estimate of drug-likeness (QED) is 0.436. The summed E-state index contributed by atoms with van der Waals surface area (Å²) in [5, 5.41) is 1.01. The first-order chi connectivity index (χ1) is 12.3. The lowest BCUT2D eigenvalue weighted by molar-refractivity contribution is -0.117. The second kappa shape index (κ2) is 6.66. The van der Waals surface area contributed by atoms with Crippen LogP contribution in [0.15, 0.2) is 40.0 Å². The Balaban J connectivity index is 1.91. The summed E-state index contributed by atoms with van der Waals surface area (Å²) in [5.41, 5.74) is 1.27. The average Bonchev–Trinajstić information content (AvgIpc) is 2.58. The fraction of sp³-hybridized carbons (Fsp3) is 0.125. The molecule has 2 aliphatic rings. The Hall–Kier alpha value is -1.37. The molecule has 1 atom stereocenters. The van der Waals surface area contributed by atoms with E-state index < -0.39 is 11.4 Å². The number of hydrogen-bond acceptors (Lipinski definition) is 4. The van der Waals surface area contributed by atoms with Crippen molar-refractivity contribution in [1.29, 1.82) is 0 Å². The Labute approximate surface area is 172 Å². The van der Waals surface area contributed by atoms with Crippen LogP contribution >= 0.6 is 58.0 Å². The van der Waals surface area contributed by atoms with Crippen molar-refractivity contribution in [2.75, 3.05) is 4.90 Å². The summed E-state index contributed by atoms with van der Waals surface area (Å²) in [7, 11) is 0. The van der Waals surface area contributed by atoms with E-state index in [1.165, 1.54) is 4.90 Å². The third-order valence-electron chi connectivity index (χ3n) is 3.86. The van der Waals surface area contributed by atoms with Crippen LogP contribution in [0.3, 0.4) is 0 Å². The van der Waals surface area contributed by atoms with E-state index in [-0.39, 0.29) is 15.3 Å². The fourth-order valence-corrected chi connectivity index (χ4v) is 3.63. The molecule has 132 valence electrons. The van der Waals surface area contributed by atoms with Gasteiger partial charge in [-0.2, -0.15) is 0 Å². The number of rotatable bonds is 1. The predicted octanol–water partition coefficient (Wildman–Crippen LogP) is 5.35. The number of fused-ring (bicyclic) bond motifs is 2. The largest absolute Gasteiger partial charge is 0.275 e. The molecule has 0 radical (unpaired) electrons. The van der Waals surface area contributed by atoms with Crippen LogP contribution in [0.1, 0.15) is 6.42 Å². The Kier molecular flexibility index (Phi) is 4.61. The number of benzene rings is 1. The molecule has 1 aliphatic heterocycles. The van der Waals surface area contributed by atoms with E-state index in [1.807, 2.05) is 0 Å². The monoisotopic (exact) mass is 446 g/mol. The molecule has 0 fully saturated rings. The highest BCUT2D eigenvalue weighted by molar-refractivity contribution is 6.42. The molecule has 0 bridgehead atoms. The van der Waals surface area contributed by atoms with Gasteiger partial charge in [-0.25, -0.2) is 9.97 Å². The van der Waals surface area contributed by atoms with E-state index in [4.69, 9.17) is 58.0 Å². The normalized spacial score (nSPS) is 19.9. The molecule has 1 aliphatic carbocycles. The molecule has 2 aromatic rings. The summed E-state index contributed by atoms with van der Waals surface area (Å²) in [6.45, 7) is 0. The number of allylic oxidation sites excluding steroid dienone is 3. The van der Waals surface area contributed by atoms with Gasteiger partial charge < -0.3 is 0 Å². The average molecular weight is 449 g/mol. The SMILES string of the molecule is O=C1C(Cl)N=C2C=C(Cl)CC=C2N1c1cc2nc(Cl)c(Cl)nc2cc1Cl. The topological polar surface area (TPSA) is 58.5 Å². The van der Waals surface area contributed by atoms with Crippen molar-refractivity contribution in [1.82, 2.24) is 9.97 Å². The summed E-state index contributed by atoms with van der Waals surface area (Å²) in [5.74, 6) is -0.428. The van der Waals surface area contributed by atoms with Crippen LogP contribution in [-0.2, 0) is 4.79 Å². The smallest absolute Gasteiger partial charge is 0.271 e. The van der Waals surface area contributed by atoms with E-state index in [9.17, 15) is 4.79 Å². The molecule has 1 amide bonds. The highest BCUT2D eigenvalue weighted by Crippen LogP contribution is 2.37. The van der Waals surface area contributed by atoms with Crippen molar-refractivity contribution in [3.63, 3.8) is 0 Å². The zero-order valence-corrected chi connectivity index (χ0v) is 16.5. The van der Waals surface area contributed by atoms with E-state index >= 15 is 0 Å². The molecular formula is C16H7Cl5N4O. The molecule has 1 unspecified atom stereocenters. The van der Waals surface area contributed by atoms with Gasteiger partial charge in [-0.3, -0.25) is 14.7 Å². The minimum Gasteiger partial charge on any atom is -0.275 e. The van der Waals surface area contributed by atoms with E-state index in [0.29, 0.717) is 39.6 Å². The van der Waals surface area contributed by atoms with Crippen molar-refractivity contribution in [2.45, 2.75) is 11.9 Å².